The molecule has 2 aliphatic heterocycles. The zero-order valence-electron chi connectivity index (χ0n) is 12.0. The molecule has 0 radical (unpaired) electrons. The Morgan fingerprint density at radius 1 is 1.33 bits per heavy atom. The van der Waals surface area contributed by atoms with Crippen LogP contribution in [0.5, 0.6) is 5.88 Å². The Morgan fingerprint density at radius 3 is 2.81 bits per heavy atom. The van der Waals surface area contributed by atoms with Gasteiger partial charge >= 0.3 is 6.18 Å². The van der Waals surface area contributed by atoms with Crippen LogP contribution in [0.25, 0.3) is 0 Å². The zero-order chi connectivity index (χ0) is 15.1. The highest BCUT2D eigenvalue weighted by atomic mass is 19.4. The van der Waals surface area contributed by atoms with E-state index >= 15 is 0 Å². The van der Waals surface area contributed by atoms with Gasteiger partial charge in [0.25, 0.3) is 0 Å². The minimum Gasteiger partial charge on any atom is -0.476 e. The van der Waals surface area contributed by atoms with Gasteiger partial charge in [0.15, 0.2) is 0 Å². The molecule has 21 heavy (non-hydrogen) atoms. The second kappa shape index (κ2) is 5.16. The molecule has 2 saturated heterocycles. The average Bonchev–Trinajstić information content (AvgIpc) is 2.64. The number of hydrogen-bond acceptors (Lipinski definition) is 3. The van der Waals surface area contributed by atoms with Crippen molar-refractivity contribution in [2.24, 2.45) is 0 Å². The van der Waals surface area contributed by atoms with Crippen LogP contribution in [0.1, 0.15) is 37.7 Å². The molecule has 3 nitrogen and oxygen atoms in total. The van der Waals surface area contributed by atoms with Crippen LogP contribution in [0.3, 0.4) is 0 Å². The lowest BCUT2D eigenvalue weighted by molar-refractivity contribution is -0.137. The van der Waals surface area contributed by atoms with Gasteiger partial charge in [-0.15, -0.1) is 0 Å². The third kappa shape index (κ3) is 2.73. The van der Waals surface area contributed by atoms with E-state index < -0.39 is 11.7 Å². The highest BCUT2D eigenvalue weighted by Crippen LogP contribution is 2.43. The molecule has 2 fully saturated rings. The van der Waals surface area contributed by atoms with E-state index in [1.807, 2.05) is 0 Å². The number of aromatic nitrogens is 1. The molecule has 0 spiro atoms. The molecule has 0 N–H and O–H groups in total. The van der Waals surface area contributed by atoms with Crippen molar-refractivity contribution >= 4 is 0 Å². The monoisotopic (exact) mass is 300 g/mol. The number of fused-ring (bicyclic) bond motifs is 2. The number of alkyl halides is 3. The average molecular weight is 300 g/mol. The van der Waals surface area contributed by atoms with Gasteiger partial charge in [-0.25, -0.2) is 4.98 Å². The third-order valence-corrected chi connectivity index (χ3v) is 4.97. The molecule has 2 aliphatic rings. The Kier molecular flexibility index (Phi) is 3.59. The van der Waals surface area contributed by atoms with Gasteiger partial charge in [0.1, 0.15) is 6.61 Å². The molecule has 116 valence electrons. The number of rotatable bonds is 3. The molecule has 1 aromatic rings. The van der Waals surface area contributed by atoms with Crippen molar-refractivity contribution in [2.75, 3.05) is 13.7 Å². The smallest absolute Gasteiger partial charge is 0.417 e. The fraction of sp³-hybridized carbons (Fsp3) is 0.667. The molecule has 2 bridgehead atoms. The summed E-state index contributed by atoms with van der Waals surface area (Å²) in [5.41, 5.74) is -0.712. The predicted molar refractivity (Wildman–Crippen MR) is 72.1 cm³/mol. The molecule has 2 atom stereocenters. The molecule has 0 aliphatic carbocycles. The maximum Gasteiger partial charge on any atom is 0.417 e. The SMILES string of the molecule is CN1C2CCCC1(COc1ccc(C(F)(F)F)cn1)CC2. The first kappa shape index (κ1) is 14.6. The number of pyridine rings is 1. The standard InChI is InChI=1S/C15H19F3N2O/c1-20-12-3-2-7-14(20,8-6-12)10-21-13-5-4-11(9-19-13)15(16,17)18/h4-5,9,12H,2-3,6-8,10H2,1H3. The first-order valence-electron chi connectivity index (χ1n) is 7.30. The fourth-order valence-corrected chi connectivity index (χ4v) is 3.59. The number of nitrogens with zero attached hydrogens (tertiary/aromatic N) is 2. The van der Waals surface area contributed by atoms with Crippen LogP contribution < -0.4 is 4.74 Å². The minimum absolute atomic E-state index is 0.0350. The molecule has 2 unspecified atom stereocenters. The summed E-state index contributed by atoms with van der Waals surface area (Å²) >= 11 is 0. The number of piperidine rings is 1. The van der Waals surface area contributed by atoms with Gasteiger partial charge in [0.05, 0.1) is 11.1 Å². The van der Waals surface area contributed by atoms with Crippen LogP contribution in [0.15, 0.2) is 18.3 Å². The fourth-order valence-electron chi connectivity index (χ4n) is 3.59. The van der Waals surface area contributed by atoms with Crippen LogP contribution in [0.2, 0.25) is 0 Å². The molecule has 0 saturated carbocycles. The maximum atomic E-state index is 12.5. The van der Waals surface area contributed by atoms with Crippen molar-refractivity contribution in [1.82, 2.24) is 9.88 Å². The zero-order valence-corrected chi connectivity index (χ0v) is 12.0. The predicted octanol–water partition coefficient (Wildman–Crippen LogP) is 3.50. The molecular formula is C15H19F3N2O. The molecule has 6 heteroatoms. The van der Waals surface area contributed by atoms with Crippen LogP contribution in [0, 0.1) is 0 Å². The summed E-state index contributed by atoms with van der Waals surface area (Å²) in [5.74, 6) is 0.264. The Morgan fingerprint density at radius 2 is 2.14 bits per heavy atom. The largest absolute Gasteiger partial charge is 0.476 e. The van der Waals surface area contributed by atoms with Crippen LogP contribution in [-0.2, 0) is 6.18 Å². The Balaban J connectivity index is 1.65. The highest BCUT2D eigenvalue weighted by molar-refractivity contribution is 5.20. The second-order valence-corrected chi connectivity index (χ2v) is 6.09. The lowest BCUT2D eigenvalue weighted by Crippen LogP contribution is -2.51. The first-order valence-corrected chi connectivity index (χ1v) is 7.30. The van der Waals surface area contributed by atoms with Crippen LogP contribution in [0.4, 0.5) is 13.2 Å². The van der Waals surface area contributed by atoms with Crippen molar-refractivity contribution in [3.8, 4) is 5.88 Å². The molecule has 3 heterocycles. The van der Waals surface area contributed by atoms with Gasteiger partial charge in [-0.2, -0.15) is 13.2 Å². The maximum absolute atomic E-state index is 12.5. The van der Waals surface area contributed by atoms with E-state index in [0.29, 0.717) is 12.6 Å². The minimum atomic E-state index is -4.35. The third-order valence-electron chi connectivity index (χ3n) is 4.97. The summed E-state index contributed by atoms with van der Waals surface area (Å²) in [5, 5.41) is 0. The summed E-state index contributed by atoms with van der Waals surface area (Å²) in [4.78, 5) is 6.16. The molecule has 0 amide bonds. The number of hydrogen-bond donors (Lipinski definition) is 0. The molecular weight excluding hydrogens is 281 g/mol. The van der Waals surface area contributed by atoms with E-state index in [-0.39, 0.29) is 11.4 Å². The van der Waals surface area contributed by atoms with E-state index in [4.69, 9.17) is 4.74 Å². The summed E-state index contributed by atoms with van der Waals surface area (Å²) in [7, 11) is 2.13. The summed E-state index contributed by atoms with van der Waals surface area (Å²) in [6.45, 7) is 0.498. The van der Waals surface area contributed by atoms with Gasteiger partial charge in [-0.3, -0.25) is 4.90 Å². The van der Waals surface area contributed by atoms with Gasteiger partial charge in [0.2, 0.25) is 5.88 Å². The quantitative estimate of drug-likeness (QED) is 0.854. The Hall–Kier alpha value is -1.30. The Bertz CT molecular complexity index is 499. The summed E-state index contributed by atoms with van der Waals surface area (Å²) < 4.78 is 43.1. The van der Waals surface area contributed by atoms with Crippen molar-refractivity contribution in [3.05, 3.63) is 23.9 Å². The van der Waals surface area contributed by atoms with Crippen molar-refractivity contribution in [2.45, 2.75) is 49.9 Å². The molecule has 1 aromatic heterocycles. The van der Waals surface area contributed by atoms with Gasteiger partial charge in [0, 0.05) is 18.3 Å². The Labute approximate surface area is 122 Å². The van der Waals surface area contributed by atoms with E-state index in [1.54, 1.807) is 0 Å². The van der Waals surface area contributed by atoms with E-state index in [2.05, 4.69) is 16.9 Å². The van der Waals surface area contributed by atoms with Gasteiger partial charge in [-0.05, 0) is 45.2 Å². The number of ether oxygens (including phenoxy) is 1. The van der Waals surface area contributed by atoms with Crippen LogP contribution >= 0.6 is 0 Å². The van der Waals surface area contributed by atoms with Gasteiger partial charge in [-0.1, -0.05) is 0 Å². The van der Waals surface area contributed by atoms with Crippen LogP contribution in [-0.4, -0.2) is 35.1 Å². The van der Waals surface area contributed by atoms with Crippen molar-refractivity contribution < 1.29 is 17.9 Å². The van der Waals surface area contributed by atoms with Gasteiger partial charge < -0.3 is 4.74 Å². The second-order valence-electron chi connectivity index (χ2n) is 6.09. The topological polar surface area (TPSA) is 25.4 Å². The molecule has 3 rings (SSSR count). The highest BCUT2D eigenvalue weighted by Gasteiger charge is 2.47. The first-order chi connectivity index (χ1) is 9.91. The number of halogens is 3. The van der Waals surface area contributed by atoms with Crippen molar-refractivity contribution in [3.63, 3.8) is 0 Å². The lowest BCUT2D eigenvalue weighted by Gasteiger charge is -2.42. The number of likely N-dealkylation sites (N-methyl/N-ethyl adjacent to an activating group) is 1. The molecule has 0 aromatic carbocycles. The summed E-state index contributed by atoms with van der Waals surface area (Å²) in [6.07, 6.45) is 2.26. The van der Waals surface area contributed by atoms with E-state index in [9.17, 15) is 13.2 Å². The lowest BCUT2D eigenvalue weighted by atomic mass is 9.89. The normalized spacial score (nSPS) is 29.6. The van der Waals surface area contributed by atoms with E-state index in [0.717, 1.165) is 25.1 Å². The summed E-state index contributed by atoms with van der Waals surface area (Å²) in [6, 6.07) is 2.94. The van der Waals surface area contributed by atoms with Crippen molar-refractivity contribution in [1.29, 1.82) is 0 Å². The van der Waals surface area contributed by atoms with E-state index in [1.165, 1.54) is 25.3 Å².